The summed E-state index contributed by atoms with van der Waals surface area (Å²) in [6.45, 7) is 0. The predicted octanol–water partition coefficient (Wildman–Crippen LogP) is 2.40. The lowest BCUT2D eigenvalue weighted by molar-refractivity contribution is -0.119. The molecule has 0 saturated carbocycles. The summed E-state index contributed by atoms with van der Waals surface area (Å²) >= 11 is 7.78. The van der Waals surface area contributed by atoms with Crippen LogP contribution in [-0.2, 0) is 4.79 Å². The third kappa shape index (κ3) is 3.69. The highest BCUT2D eigenvalue weighted by Gasteiger charge is 2.26. The lowest BCUT2D eigenvalue weighted by Crippen LogP contribution is -2.43. The van der Waals surface area contributed by atoms with Crippen molar-refractivity contribution in [3.05, 3.63) is 23.2 Å². The van der Waals surface area contributed by atoms with Gasteiger partial charge in [0.25, 0.3) is 0 Å². The molecule has 19 heavy (non-hydrogen) atoms. The van der Waals surface area contributed by atoms with Crippen LogP contribution in [0.2, 0.25) is 5.02 Å². The predicted molar refractivity (Wildman–Crippen MR) is 82.9 cm³/mol. The average molecular weight is 323 g/mol. The first-order valence-electron chi connectivity index (χ1n) is 5.55. The lowest BCUT2D eigenvalue weighted by atomic mass is 10.2. The van der Waals surface area contributed by atoms with E-state index in [0.29, 0.717) is 10.8 Å². The summed E-state index contributed by atoms with van der Waals surface area (Å²) in [7, 11) is 3.32. The van der Waals surface area contributed by atoms with Crippen molar-refractivity contribution in [2.45, 2.75) is 6.04 Å². The maximum atomic E-state index is 12.2. The maximum absolute atomic E-state index is 12.2. The minimum Gasteiger partial charge on any atom is -0.495 e. The number of likely N-dealkylation sites (N-methyl/N-ethyl adjacent to an activating group) is 1. The van der Waals surface area contributed by atoms with Crippen molar-refractivity contribution in [1.82, 2.24) is 5.32 Å². The summed E-state index contributed by atoms with van der Waals surface area (Å²) in [5.74, 6) is 2.30. The Kier molecular flexibility index (Phi) is 6.26. The fourth-order valence-corrected chi connectivity index (χ4v) is 2.96. The molecule has 2 rings (SSSR count). The minimum absolute atomic E-state index is 0. The number of rotatable bonds is 3. The minimum atomic E-state index is -0.110. The van der Waals surface area contributed by atoms with Crippen LogP contribution < -0.4 is 15.0 Å². The Bertz CT molecular complexity index is 453. The Morgan fingerprint density at radius 1 is 1.58 bits per heavy atom. The molecule has 1 unspecified atom stereocenters. The molecule has 0 aromatic heterocycles. The number of benzene rings is 1. The smallest absolute Gasteiger partial charge is 0.244 e. The number of anilines is 1. The highest BCUT2D eigenvalue weighted by Crippen LogP contribution is 2.29. The summed E-state index contributed by atoms with van der Waals surface area (Å²) in [5, 5.41) is 3.66. The van der Waals surface area contributed by atoms with Gasteiger partial charge in [-0.25, -0.2) is 0 Å². The molecule has 1 saturated heterocycles. The Balaban J connectivity index is 0.00000180. The number of hydrogen-bond donors (Lipinski definition) is 1. The van der Waals surface area contributed by atoms with Crippen LogP contribution >= 0.6 is 35.8 Å². The Hall–Kier alpha value is -0.620. The Morgan fingerprint density at radius 2 is 2.32 bits per heavy atom. The van der Waals surface area contributed by atoms with Crippen molar-refractivity contribution in [1.29, 1.82) is 0 Å². The highest BCUT2D eigenvalue weighted by molar-refractivity contribution is 7.99. The second kappa shape index (κ2) is 7.24. The second-order valence-electron chi connectivity index (χ2n) is 3.99. The molecule has 0 aliphatic carbocycles. The normalized spacial score (nSPS) is 17.7. The van der Waals surface area contributed by atoms with Crippen molar-refractivity contribution in [2.75, 3.05) is 30.7 Å². The van der Waals surface area contributed by atoms with Gasteiger partial charge in [-0.3, -0.25) is 10.1 Å². The van der Waals surface area contributed by atoms with Crippen LogP contribution in [0.5, 0.6) is 5.75 Å². The molecule has 1 N–H and O–H groups in total. The van der Waals surface area contributed by atoms with E-state index in [1.165, 1.54) is 0 Å². The number of thioether (sulfide) groups is 1. The number of carbonyl (C=O) groups is 1. The fourth-order valence-electron chi connectivity index (χ4n) is 1.78. The lowest BCUT2D eigenvalue weighted by Gasteiger charge is -2.21. The van der Waals surface area contributed by atoms with Gasteiger partial charge in [-0.05, 0) is 18.2 Å². The molecule has 1 aliphatic heterocycles. The zero-order chi connectivity index (χ0) is 13.1. The molecule has 1 aliphatic rings. The average Bonchev–Trinajstić information content (AvgIpc) is 2.90. The van der Waals surface area contributed by atoms with Crippen LogP contribution in [0.15, 0.2) is 18.2 Å². The number of halogens is 2. The van der Waals surface area contributed by atoms with Crippen LogP contribution in [0.25, 0.3) is 0 Å². The third-order valence-corrected chi connectivity index (χ3v) is 4.10. The number of amides is 1. The standard InChI is InChI=1S/C12H15ClN2O2S.ClH/c1-15(12(16)10-6-18-7-14-10)8-3-4-11(17-2)9(13)5-8;/h3-5,10,14H,6-7H2,1-2H3;1H. The number of ether oxygens (including phenoxy) is 1. The van der Waals surface area contributed by atoms with E-state index in [0.717, 1.165) is 17.3 Å². The van der Waals surface area contributed by atoms with E-state index in [2.05, 4.69) is 5.32 Å². The van der Waals surface area contributed by atoms with E-state index >= 15 is 0 Å². The van der Waals surface area contributed by atoms with Crippen LogP contribution in [0.4, 0.5) is 5.69 Å². The summed E-state index contributed by atoms with van der Waals surface area (Å²) in [5.41, 5.74) is 0.768. The first-order valence-corrected chi connectivity index (χ1v) is 7.09. The monoisotopic (exact) mass is 322 g/mol. The van der Waals surface area contributed by atoms with E-state index in [1.807, 2.05) is 6.07 Å². The Labute approximate surface area is 128 Å². The summed E-state index contributed by atoms with van der Waals surface area (Å²) in [4.78, 5) is 13.8. The molecular formula is C12H16Cl2N2O2S. The molecule has 7 heteroatoms. The van der Waals surface area contributed by atoms with Gasteiger partial charge in [0.15, 0.2) is 0 Å². The molecule has 1 atom stereocenters. The van der Waals surface area contributed by atoms with Gasteiger partial charge >= 0.3 is 0 Å². The molecular weight excluding hydrogens is 307 g/mol. The van der Waals surface area contributed by atoms with Crippen molar-refractivity contribution >= 4 is 47.4 Å². The van der Waals surface area contributed by atoms with Crippen molar-refractivity contribution in [3.8, 4) is 5.75 Å². The number of methoxy groups -OCH3 is 1. The molecule has 1 aromatic rings. The van der Waals surface area contributed by atoms with E-state index in [9.17, 15) is 4.79 Å². The molecule has 0 radical (unpaired) electrons. The summed E-state index contributed by atoms with van der Waals surface area (Å²) < 4.78 is 5.09. The van der Waals surface area contributed by atoms with Gasteiger partial charge in [0.05, 0.1) is 18.2 Å². The van der Waals surface area contributed by atoms with Gasteiger partial charge in [-0.15, -0.1) is 24.2 Å². The summed E-state index contributed by atoms with van der Waals surface area (Å²) in [6.07, 6.45) is 0. The molecule has 1 amide bonds. The molecule has 1 aromatic carbocycles. The first kappa shape index (κ1) is 16.4. The largest absolute Gasteiger partial charge is 0.495 e. The van der Waals surface area contributed by atoms with E-state index in [4.69, 9.17) is 16.3 Å². The molecule has 1 heterocycles. The van der Waals surface area contributed by atoms with E-state index < -0.39 is 0 Å². The topological polar surface area (TPSA) is 41.6 Å². The Morgan fingerprint density at radius 3 is 2.84 bits per heavy atom. The second-order valence-corrected chi connectivity index (χ2v) is 5.43. The third-order valence-electron chi connectivity index (χ3n) is 2.87. The zero-order valence-corrected chi connectivity index (χ0v) is 13.1. The molecule has 1 fully saturated rings. The van der Waals surface area contributed by atoms with Crippen LogP contribution in [0, 0.1) is 0 Å². The van der Waals surface area contributed by atoms with Crippen molar-refractivity contribution in [2.24, 2.45) is 0 Å². The van der Waals surface area contributed by atoms with E-state index in [1.54, 1.807) is 43.0 Å². The molecule has 4 nitrogen and oxygen atoms in total. The van der Waals surface area contributed by atoms with Crippen LogP contribution in [0.1, 0.15) is 0 Å². The SMILES string of the molecule is COc1ccc(N(C)C(=O)C2CSCN2)cc1Cl.Cl. The number of nitrogens with zero attached hydrogens (tertiary/aromatic N) is 1. The zero-order valence-electron chi connectivity index (χ0n) is 10.7. The molecule has 0 bridgehead atoms. The van der Waals surface area contributed by atoms with Gasteiger partial charge in [0.2, 0.25) is 5.91 Å². The summed E-state index contributed by atoms with van der Waals surface area (Å²) in [6, 6.07) is 5.21. The van der Waals surface area contributed by atoms with Crippen molar-refractivity contribution in [3.63, 3.8) is 0 Å². The van der Waals surface area contributed by atoms with E-state index in [-0.39, 0.29) is 24.4 Å². The number of nitrogens with one attached hydrogen (secondary N) is 1. The van der Waals surface area contributed by atoms with Gasteiger partial charge in [-0.2, -0.15) is 0 Å². The molecule has 106 valence electrons. The number of hydrogen-bond acceptors (Lipinski definition) is 4. The van der Waals surface area contributed by atoms with Gasteiger partial charge in [-0.1, -0.05) is 11.6 Å². The molecule has 0 spiro atoms. The van der Waals surface area contributed by atoms with Crippen molar-refractivity contribution < 1.29 is 9.53 Å². The number of carbonyl (C=O) groups excluding carboxylic acids is 1. The van der Waals surface area contributed by atoms with Crippen LogP contribution in [-0.4, -0.2) is 37.7 Å². The van der Waals surface area contributed by atoms with Crippen LogP contribution in [0.3, 0.4) is 0 Å². The van der Waals surface area contributed by atoms with Gasteiger partial charge < -0.3 is 9.64 Å². The highest BCUT2D eigenvalue weighted by atomic mass is 35.5. The fraction of sp³-hybridized carbons (Fsp3) is 0.417. The quantitative estimate of drug-likeness (QED) is 0.927. The van der Waals surface area contributed by atoms with Gasteiger partial charge in [0.1, 0.15) is 5.75 Å². The maximum Gasteiger partial charge on any atom is 0.244 e. The first-order chi connectivity index (χ1) is 8.63. The van der Waals surface area contributed by atoms with Gasteiger partial charge in [0, 0.05) is 24.4 Å².